The number of fused-ring (bicyclic) bond motifs is 1. The monoisotopic (exact) mass is 362 g/mol. The van der Waals surface area contributed by atoms with E-state index in [9.17, 15) is 0 Å². The second-order valence-electron chi connectivity index (χ2n) is 7.48. The number of ether oxygens (including phenoxy) is 1. The van der Waals surface area contributed by atoms with Crippen molar-refractivity contribution in [1.82, 2.24) is 20.2 Å². The predicted molar refractivity (Wildman–Crippen MR) is 104 cm³/mol. The Morgan fingerprint density at radius 1 is 1.07 bits per heavy atom. The summed E-state index contributed by atoms with van der Waals surface area (Å²) in [6, 6.07) is 18.6. The van der Waals surface area contributed by atoms with Crippen LogP contribution in [-0.2, 0) is 11.3 Å². The molecular formula is C20H22N6O. The molecule has 3 aromatic rings. The number of rotatable bonds is 3. The highest BCUT2D eigenvalue weighted by molar-refractivity contribution is 5.92. The Bertz CT molecular complexity index is 958. The van der Waals surface area contributed by atoms with Gasteiger partial charge in [0.2, 0.25) is 0 Å². The third-order valence-corrected chi connectivity index (χ3v) is 4.12. The van der Waals surface area contributed by atoms with Crippen molar-refractivity contribution < 1.29 is 4.74 Å². The van der Waals surface area contributed by atoms with Gasteiger partial charge in [-0.1, -0.05) is 48.5 Å². The largest absolute Gasteiger partial charge is 0.448 e. The number of para-hydroxylation sites is 1. The first-order valence-corrected chi connectivity index (χ1v) is 8.92. The fourth-order valence-electron chi connectivity index (χ4n) is 2.98. The predicted octanol–water partition coefficient (Wildman–Crippen LogP) is 3.41. The molecule has 1 unspecified atom stereocenters. The average molecular weight is 362 g/mol. The molecule has 0 saturated heterocycles. The molecule has 1 aliphatic rings. The summed E-state index contributed by atoms with van der Waals surface area (Å²) in [6.07, 6.45) is -0.428. The fourth-order valence-corrected chi connectivity index (χ4v) is 2.98. The van der Waals surface area contributed by atoms with Crippen LogP contribution in [-0.4, -0.2) is 31.8 Å². The van der Waals surface area contributed by atoms with Crippen LogP contribution < -0.4 is 5.32 Å². The Labute approximate surface area is 158 Å². The molecule has 7 nitrogen and oxygen atoms in total. The van der Waals surface area contributed by atoms with E-state index in [-0.39, 0.29) is 5.54 Å². The van der Waals surface area contributed by atoms with Crippen molar-refractivity contribution in [2.45, 2.75) is 39.0 Å². The molecule has 1 aromatic heterocycles. The minimum atomic E-state index is -0.428. The van der Waals surface area contributed by atoms with E-state index in [1.807, 2.05) is 63.2 Å². The summed E-state index contributed by atoms with van der Waals surface area (Å²) in [5.74, 6) is 0.648. The van der Waals surface area contributed by atoms with E-state index in [1.165, 1.54) is 0 Å². The van der Waals surface area contributed by atoms with Gasteiger partial charge < -0.3 is 10.1 Å². The number of anilines is 1. The van der Waals surface area contributed by atoms with Crippen molar-refractivity contribution >= 4 is 11.7 Å². The maximum Gasteiger partial charge on any atom is 0.290 e. The molecule has 4 rings (SSSR count). The van der Waals surface area contributed by atoms with Crippen LogP contribution in [0.1, 0.15) is 43.8 Å². The first-order chi connectivity index (χ1) is 13.0. The van der Waals surface area contributed by atoms with E-state index in [0.29, 0.717) is 18.4 Å². The summed E-state index contributed by atoms with van der Waals surface area (Å²) in [6.45, 7) is 6.66. The minimum absolute atomic E-state index is 0.269. The Morgan fingerprint density at radius 2 is 1.81 bits per heavy atom. The molecule has 7 heteroatoms. The maximum absolute atomic E-state index is 6.19. The van der Waals surface area contributed by atoms with Crippen LogP contribution in [0, 0.1) is 0 Å². The lowest BCUT2D eigenvalue weighted by molar-refractivity contribution is 0.207. The number of hydrogen-bond donors (Lipinski definition) is 1. The zero-order valence-electron chi connectivity index (χ0n) is 15.6. The van der Waals surface area contributed by atoms with E-state index in [2.05, 4.69) is 38.0 Å². The van der Waals surface area contributed by atoms with Crippen LogP contribution in [0.15, 0.2) is 59.6 Å². The summed E-state index contributed by atoms with van der Waals surface area (Å²) < 4.78 is 7.96. The molecule has 0 aliphatic carbocycles. The number of hydrogen-bond acceptors (Lipinski definition) is 5. The third-order valence-electron chi connectivity index (χ3n) is 4.12. The van der Waals surface area contributed by atoms with Gasteiger partial charge in [-0.05, 0) is 42.8 Å². The van der Waals surface area contributed by atoms with Crippen LogP contribution in [0.3, 0.4) is 0 Å². The maximum atomic E-state index is 6.19. The van der Waals surface area contributed by atoms with Crippen molar-refractivity contribution in [2.24, 2.45) is 4.99 Å². The molecule has 2 aromatic carbocycles. The van der Waals surface area contributed by atoms with Crippen molar-refractivity contribution in [3.63, 3.8) is 0 Å². The molecule has 27 heavy (non-hydrogen) atoms. The van der Waals surface area contributed by atoms with Crippen molar-refractivity contribution in [3.05, 3.63) is 71.5 Å². The topological polar surface area (TPSA) is 77.2 Å². The molecule has 0 fully saturated rings. The van der Waals surface area contributed by atoms with Gasteiger partial charge >= 0.3 is 0 Å². The van der Waals surface area contributed by atoms with Gasteiger partial charge in [-0.25, -0.2) is 9.67 Å². The quantitative estimate of drug-likeness (QED) is 0.773. The van der Waals surface area contributed by atoms with E-state index in [4.69, 9.17) is 4.74 Å². The van der Waals surface area contributed by atoms with Crippen LogP contribution in [0.2, 0.25) is 0 Å². The Hall–Kier alpha value is -3.22. The van der Waals surface area contributed by atoms with Crippen molar-refractivity contribution in [2.75, 3.05) is 5.32 Å². The molecule has 0 saturated carbocycles. The molecule has 138 valence electrons. The van der Waals surface area contributed by atoms with Crippen LogP contribution in [0.5, 0.6) is 0 Å². The summed E-state index contributed by atoms with van der Waals surface area (Å²) >= 11 is 0. The number of nitrogens with zero attached hydrogens (tertiary/aromatic N) is 5. The van der Waals surface area contributed by atoms with Crippen molar-refractivity contribution in [3.8, 4) is 0 Å². The van der Waals surface area contributed by atoms with Gasteiger partial charge in [-0.2, -0.15) is 0 Å². The summed E-state index contributed by atoms with van der Waals surface area (Å²) in [7, 11) is 0. The summed E-state index contributed by atoms with van der Waals surface area (Å²) in [4.78, 5) is 4.65. The number of aliphatic imine (C=N–C) groups is 1. The van der Waals surface area contributed by atoms with Gasteiger partial charge in [0.05, 0.1) is 12.1 Å². The average Bonchev–Trinajstić information content (AvgIpc) is 3.08. The fraction of sp³-hybridized carbons (Fsp3) is 0.300. The Kier molecular flexibility index (Phi) is 4.35. The lowest BCUT2D eigenvalue weighted by Crippen LogP contribution is -2.31. The smallest absolute Gasteiger partial charge is 0.290 e. The van der Waals surface area contributed by atoms with Gasteiger partial charge in [-0.3, -0.25) is 0 Å². The standard InChI is InChI=1S/C20H22N6O/c1-20(2,3)22-19-21-16-12-8-7-11-15(16)17(27-19)18-23-24-25-26(18)13-14-9-5-4-6-10-14/h4-12,17H,13H2,1-3H3,(H,21,22). The highest BCUT2D eigenvalue weighted by Gasteiger charge is 2.31. The van der Waals surface area contributed by atoms with E-state index < -0.39 is 6.10 Å². The van der Waals surface area contributed by atoms with Crippen LogP contribution in [0.4, 0.5) is 5.69 Å². The van der Waals surface area contributed by atoms with E-state index in [1.54, 1.807) is 4.68 Å². The second-order valence-corrected chi connectivity index (χ2v) is 7.48. The van der Waals surface area contributed by atoms with E-state index >= 15 is 0 Å². The normalized spacial score (nSPS) is 17.9. The first kappa shape index (κ1) is 17.2. The highest BCUT2D eigenvalue weighted by Crippen LogP contribution is 2.34. The van der Waals surface area contributed by atoms with Gasteiger partial charge in [-0.15, -0.1) is 5.10 Å². The first-order valence-electron chi connectivity index (χ1n) is 8.92. The van der Waals surface area contributed by atoms with Crippen LogP contribution >= 0.6 is 0 Å². The Morgan fingerprint density at radius 3 is 2.59 bits per heavy atom. The van der Waals surface area contributed by atoms with Crippen LogP contribution in [0.25, 0.3) is 0 Å². The van der Waals surface area contributed by atoms with E-state index in [0.717, 1.165) is 16.8 Å². The number of benzene rings is 2. The van der Waals surface area contributed by atoms with Crippen molar-refractivity contribution in [1.29, 1.82) is 0 Å². The molecule has 1 N–H and O–H groups in total. The number of nitrogens with one attached hydrogen (secondary N) is 1. The molecule has 0 radical (unpaired) electrons. The molecule has 2 heterocycles. The highest BCUT2D eigenvalue weighted by atomic mass is 16.5. The molecule has 0 spiro atoms. The lowest BCUT2D eigenvalue weighted by atomic mass is 10.0. The number of aromatic nitrogens is 4. The molecule has 0 amide bonds. The minimum Gasteiger partial charge on any atom is -0.448 e. The van der Waals surface area contributed by atoms with Gasteiger partial charge in [0, 0.05) is 11.3 Å². The number of amidine groups is 1. The molecule has 1 atom stereocenters. The Balaban J connectivity index is 1.73. The number of tetrazole rings is 1. The van der Waals surface area contributed by atoms with Gasteiger partial charge in [0.25, 0.3) is 6.02 Å². The molecule has 0 bridgehead atoms. The summed E-state index contributed by atoms with van der Waals surface area (Å²) in [5, 5.41) is 15.6. The zero-order chi connectivity index (χ0) is 18.9. The third kappa shape index (κ3) is 3.81. The molecule has 1 aliphatic heterocycles. The SMILES string of the molecule is CC(C)(C)N=C1Nc2ccccc2C(c2nnnn2Cc2ccccc2)O1. The lowest BCUT2D eigenvalue weighted by Gasteiger charge is -2.29. The second kappa shape index (κ2) is 6.83. The van der Waals surface area contributed by atoms with Gasteiger partial charge in [0.15, 0.2) is 11.9 Å². The summed E-state index contributed by atoms with van der Waals surface area (Å²) in [5.41, 5.74) is 2.78. The molecular weight excluding hydrogens is 340 g/mol. The van der Waals surface area contributed by atoms with Gasteiger partial charge in [0.1, 0.15) is 0 Å². The zero-order valence-corrected chi connectivity index (χ0v) is 15.6.